The lowest BCUT2D eigenvalue weighted by molar-refractivity contribution is -0.146. The van der Waals surface area contributed by atoms with Crippen LogP contribution in [0.3, 0.4) is 0 Å². The van der Waals surface area contributed by atoms with E-state index in [4.69, 9.17) is 4.74 Å². The van der Waals surface area contributed by atoms with E-state index in [1.165, 1.54) is 7.11 Å². The first-order chi connectivity index (χ1) is 9.10. The van der Waals surface area contributed by atoms with Crippen molar-refractivity contribution in [3.8, 4) is 0 Å². The lowest BCUT2D eigenvalue weighted by Gasteiger charge is -2.33. The van der Waals surface area contributed by atoms with Gasteiger partial charge in [0.25, 0.3) is 0 Å². The van der Waals surface area contributed by atoms with Crippen molar-refractivity contribution in [3.05, 3.63) is 0 Å². The molecule has 0 radical (unpaired) electrons. The Kier molecular flexibility index (Phi) is 6.80. The summed E-state index contributed by atoms with van der Waals surface area (Å²) in [6.45, 7) is 7.15. The highest BCUT2D eigenvalue weighted by atomic mass is 16.5. The molecule has 6 nitrogen and oxygen atoms in total. The largest absolute Gasteiger partial charge is 0.468 e. The Morgan fingerprint density at radius 3 is 2.53 bits per heavy atom. The Bertz CT molecular complexity index is 303. The molecule has 110 valence electrons. The zero-order chi connectivity index (χ0) is 14.3. The number of morpholine rings is 1. The topological polar surface area (TPSA) is 59.1 Å². The molecule has 0 spiro atoms. The Morgan fingerprint density at radius 2 is 2.00 bits per heavy atom. The first kappa shape index (κ1) is 15.9. The minimum atomic E-state index is -0.310. The summed E-state index contributed by atoms with van der Waals surface area (Å²) in [6, 6.07) is -0.308. The predicted molar refractivity (Wildman–Crippen MR) is 70.7 cm³/mol. The molecule has 0 bridgehead atoms. The van der Waals surface area contributed by atoms with Gasteiger partial charge >= 0.3 is 5.97 Å². The van der Waals surface area contributed by atoms with Crippen LogP contribution in [0.15, 0.2) is 0 Å². The number of hydrogen-bond acceptors (Lipinski definition) is 5. The lowest BCUT2D eigenvalue weighted by Crippen LogP contribution is -2.51. The molecule has 1 unspecified atom stereocenters. The van der Waals surface area contributed by atoms with Crippen molar-refractivity contribution < 1.29 is 19.1 Å². The van der Waals surface area contributed by atoms with Crippen molar-refractivity contribution in [2.75, 3.05) is 46.5 Å². The van der Waals surface area contributed by atoms with E-state index in [2.05, 4.69) is 4.74 Å². The van der Waals surface area contributed by atoms with Gasteiger partial charge in [0, 0.05) is 13.1 Å². The fourth-order valence-corrected chi connectivity index (χ4v) is 2.13. The van der Waals surface area contributed by atoms with Crippen LogP contribution < -0.4 is 0 Å². The molecule has 19 heavy (non-hydrogen) atoms. The van der Waals surface area contributed by atoms with Crippen LogP contribution in [0.4, 0.5) is 0 Å². The van der Waals surface area contributed by atoms with Gasteiger partial charge in [-0.1, -0.05) is 6.92 Å². The molecule has 1 aliphatic rings. The zero-order valence-electron chi connectivity index (χ0n) is 12.1. The third-order valence-electron chi connectivity index (χ3n) is 3.30. The second kappa shape index (κ2) is 8.12. The number of rotatable bonds is 6. The van der Waals surface area contributed by atoms with Gasteiger partial charge in [0.15, 0.2) is 0 Å². The minimum Gasteiger partial charge on any atom is -0.468 e. The molecule has 1 amide bonds. The summed E-state index contributed by atoms with van der Waals surface area (Å²) >= 11 is 0. The number of esters is 1. The number of amides is 1. The number of carbonyl (C=O) groups is 2. The standard InChI is InChI=1S/C13H24N2O4/c1-4-5-15(10-12(16)18-3)11(2)13(17)14-6-8-19-9-7-14/h11H,4-10H2,1-3H3. The smallest absolute Gasteiger partial charge is 0.319 e. The van der Waals surface area contributed by atoms with Gasteiger partial charge in [-0.3, -0.25) is 14.5 Å². The van der Waals surface area contributed by atoms with E-state index in [1.54, 1.807) is 4.90 Å². The van der Waals surface area contributed by atoms with E-state index < -0.39 is 0 Å². The van der Waals surface area contributed by atoms with Crippen LogP contribution in [0, 0.1) is 0 Å². The van der Waals surface area contributed by atoms with Crippen LogP contribution in [-0.2, 0) is 19.1 Å². The summed E-state index contributed by atoms with van der Waals surface area (Å²) in [5, 5.41) is 0. The monoisotopic (exact) mass is 272 g/mol. The Morgan fingerprint density at radius 1 is 1.37 bits per heavy atom. The summed E-state index contributed by atoms with van der Waals surface area (Å²) in [5.41, 5.74) is 0. The molecule has 6 heteroatoms. The summed E-state index contributed by atoms with van der Waals surface area (Å²) in [6.07, 6.45) is 0.887. The van der Waals surface area contributed by atoms with E-state index in [9.17, 15) is 9.59 Å². The molecule has 1 heterocycles. The summed E-state index contributed by atoms with van der Waals surface area (Å²) < 4.78 is 9.91. The summed E-state index contributed by atoms with van der Waals surface area (Å²) in [5.74, 6) is -0.254. The van der Waals surface area contributed by atoms with Gasteiger partial charge in [0.2, 0.25) is 5.91 Å². The Hall–Kier alpha value is -1.14. The fraction of sp³-hybridized carbons (Fsp3) is 0.846. The molecule has 0 N–H and O–H groups in total. The van der Waals surface area contributed by atoms with Crippen LogP contribution in [-0.4, -0.2) is 74.2 Å². The summed E-state index contributed by atoms with van der Waals surface area (Å²) in [7, 11) is 1.36. The molecule has 1 saturated heterocycles. The van der Waals surface area contributed by atoms with Gasteiger partial charge in [0.05, 0.1) is 32.9 Å². The molecule has 0 aliphatic carbocycles. The maximum absolute atomic E-state index is 12.4. The summed E-state index contributed by atoms with van der Waals surface area (Å²) in [4.78, 5) is 27.4. The maximum atomic E-state index is 12.4. The van der Waals surface area contributed by atoms with Crippen LogP contribution in [0.1, 0.15) is 20.3 Å². The first-order valence-corrected chi connectivity index (χ1v) is 6.77. The molecule has 1 aliphatic heterocycles. The van der Waals surface area contributed by atoms with Crippen molar-refractivity contribution in [2.24, 2.45) is 0 Å². The second-order valence-corrected chi connectivity index (χ2v) is 4.66. The van der Waals surface area contributed by atoms with E-state index in [0.717, 1.165) is 6.42 Å². The highest BCUT2D eigenvalue weighted by Crippen LogP contribution is 2.08. The third kappa shape index (κ3) is 4.80. The third-order valence-corrected chi connectivity index (χ3v) is 3.30. The highest BCUT2D eigenvalue weighted by Gasteiger charge is 2.28. The Balaban J connectivity index is 2.60. The maximum Gasteiger partial charge on any atom is 0.319 e. The highest BCUT2D eigenvalue weighted by molar-refractivity contribution is 5.82. The van der Waals surface area contributed by atoms with Gasteiger partial charge in [-0.2, -0.15) is 0 Å². The zero-order valence-corrected chi connectivity index (χ0v) is 12.1. The van der Waals surface area contributed by atoms with Gasteiger partial charge in [-0.15, -0.1) is 0 Å². The molecule has 0 aromatic rings. The second-order valence-electron chi connectivity index (χ2n) is 4.66. The molecule has 1 atom stereocenters. The van der Waals surface area contributed by atoms with Crippen molar-refractivity contribution in [1.82, 2.24) is 9.80 Å². The molecule has 0 saturated carbocycles. The average Bonchev–Trinajstić information content (AvgIpc) is 2.46. The van der Waals surface area contributed by atoms with Crippen LogP contribution >= 0.6 is 0 Å². The van der Waals surface area contributed by atoms with Crippen molar-refractivity contribution >= 4 is 11.9 Å². The number of methoxy groups -OCH3 is 1. The molecule has 0 aromatic heterocycles. The molecule has 1 rings (SSSR count). The van der Waals surface area contributed by atoms with Gasteiger partial charge in [-0.05, 0) is 19.9 Å². The minimum absolute atomic E-state index is 0.0562. The predicted octanol–water partition coefficient (Wildman–Crippen LogP) is 0.119. The SMILES string of the molecule is CCCN(CC(=O)OC)C(C)C(=O)N1CCOCC1. The van der Waals surface area contributed by atoms with Crippen molar-refractivity contribution in [3.63, 3.8) is 0 Å². The quantitative estimate of drug-likeness (QED) is 0.643. The van der Waals surface area contributed by atoms with E-state index in [-0.39, 0.29) is 24.5 Å². The van der Waals surface area contributed by atoms with E-state index in [1.807, 2.05) is 18.7 Å². The van der Waals surface area contributed by atoms with Crippen molar-refractivity contribution in [1.29, 1.82) is 0 Å². The molecule has 0 aromatic carbocycles. The van der Waals surface area contributed by atoms with Gasteiger partial charge in [0.1, 0.15) is 0 Å². The molecular weight excluding hydrogens is 248 g/mol. The number of hydrogen-bond donors (Lipinski definition) is 0. The first-order valence-electron chi connectivity index (χ1n) is 6.77. The van der Waals surface area contributed by atoms with Gasteiger partial charge < -0.3 is 14.4 Å². The average molecular weight is 272 g/mol. The number of nitrogens with zero attached hydrogens (tertiary/aromatic N) is 2. The fourth-order valence-electron chi connectivity index (χ4n) is 2.13. The normalized spacial score (nSPS) is 17.4. The van der Waals surface area contributed by atoms with E-state index >= 15 is 0 Å². The van der Waals surface area contributed by atoms with Crippen LogP contribution in [0.25, 0.3) is 0 Å². The molecular formula is C13H24N2O4. The van der Waals surface area contributed by atoms with Gasteiger partial charge in [-0.25, -0.2) is 0 Å². The number of carbonyl (C=O) groups excluding carboxylic acids is 2. The Labute approximate surface area is 114 Å². The lowest BCUT2D eigenvalue weighted by atomic mass is 10.2. The van der Waals surface area contributed by atoms with E-state index in [0.29, 0.717) is 32.8 Å². The number of ether oxygens (including phenoxy) is 2. The van der Waals surface area contributed by atoms with Crippen LogP contribution in [0.2, 0.25) is 0 Å². The van der Waals surface area contributed by atoms with Crippen molar-refractivity contribution in [2.45, 2.75) is 26.3 Å². The van der Waals surface area contributed by atoms with Crippen LogP contribution in [0.5, 0.6) is 0 Å². The molecule has 1 fully saturated rings.